The van der Waals surface area contributed by atoms with Crippen molar-refractivity contribution in [1.29, 1.82) is 0 Å². The molecule has 0 aliphatic heterocycles. The van der Waals surface area contributed by atoms with Gasteiger partial charge in [0, 0.05) is 13.2 Å². The van der Waals surface area contributed by atoms with Gasteiger partial charge in [-0.3, -0.25) is 0 Å². The van der Waals surface area contributed by atoms with Gasteiger partial charge in [-0.1, -0.05) is 68.9 Å². The Hall–Kier alpha value is -0.646. The van der Waals surface area contributed by atoms with E-state index in [1.807, 2.05) is 12.3 Å². The van der Waals surface area contributed by atoms with Crippen molar-refractivity contribution >= 4 is 13.9 Å². The van der Waals surface area contributed by atoms with Crippen LogP contribution in [0.1, 0.15) is 89.9 Å². The van der Waals surface area contributed by atoms with E-state index in [0.717, 1.165) is 11.3 Å². The number of allylic oxidation sites excluding steroid dienone is 4. The molecular weight excluding hydrogens is 466 g/mol. The van der Waals surface area contributed by atoms with E-state index in [-0.39, 0.29) is 46.8 Å². The van der Waals surface area contributed by atoms with Crippen LogP contribution in [-0.2, 0) is 16.5 Å². The third kappa shape index (κ3) is 12.0. The van der Waals surface area contributed by atoms with Crippen LogP contribution >= 0.6 is 8.07 Å². The van der Waals surface area contributed by atoms with Gasteiger partial charge in [-0.2, -0.15) is 0 Å². The first-order chi connectivity index (χ1) is 14.4. The summed E-state index contributed by atoms with van der Waals surface area (Å²) >= 11 is 0. The molecule has 33 heavy (non-hydrogen) atoms. The molecule has 191 valence electrons. The summed E-state index contributed by atoms with van der Waals surface area (Å²) in [5.41, 5.74) is 1.90. The standard InChI is InChI=1S/C18H29N2P.C8H12.3CH3.Ni/c1-20(18-14-8-9-15-19-18)21(16-10-4-2-5-11-16)17-12-6-3-7-13-17;1-2-4-6-8-7-5-3-1;;;;/h8-9,14-17H,2-7,10-13H2,1H3;1-2,7-8H,3-6H2;3*1H3;/q;;3*-1;+3/b;2-1-,8-7?;;;;. The Balaban J connectivity index is 0. The molecule has 0 spiro atoms. The van der Waals surface area contributed by atoms with Gasteiger partial charge in [-0.25, -0.2) is 4.98 Å². The van der Waals surface area contributed by atoms with Crippen LogP contribution < -0.4 is 4.67 Å². The summed E-state index contributed by atoms with van der Waals surface area (Å²) in [5.74, 6) is 1.19. The van der Waals surface area contributed by atoms with Crippen molar-refractivity contribution in [2.75, 3.05) is 11.7 Å². The average molecular weight is 516 g/mol. The first-order valence-corrected chi connectivity index (χ1v) is 13.5. The maximum absolute atomic E-state index is 4.63. The Morgan fingerprint density at radius 3 is 1.48 bits per heavy atom. The first-order valence-electron chi connectivity index (χ1n) is 12.1. The molecule has 1 aromatic rings. The largest absolute Gasteiger partial charge is 3.00 e. The Morgan fingerprint density at radius 2 is 1.12 bits per heavy atom. The van der Waals surface area contributed by atoms with Crippen LogP contribution in [0.4, 0.5) is 5.82 Å². The summed E-state index contributed by atoms with van der Waals surface area (Å²) in [5, 5.41) is 0. The number of anilines is 1. The van der Waals surface area contributed by atoms with Gasteiger partial charge in [0.05, 0.1) is 0 Å². The molecule has 3 aliphatic rings. The quantitative estimate of drug-likeness (QED) is 0.171. The fourth-order valence-electron chi connectivity index (χ4n) is 5.00. The van der Waals surface area contributed by atoms with Crippen molar-refractivity contribution in [2.24, 2.45) is 0 Å². The van der Waals surface area contributed by atoms with Crippen LogP contribution in [0.15, 0.2) is 48.7 Å². The number of hydrogen-bond donors (Lipinski definition) is 0. The molecule has 0 N–H and O–H groups in total. The maximum Gasteiger partial charge on any atom is 3.00 e. The minimum Gasteiger partial charge on any atom is -0.358 e. The topological polar surface area (TPSA) is 16.1 Å². The number of rotatable bonds is 4. The monoisotopic (exact) mass is 515 g/mol. The van der Waals surface area contributed by atoms with E-state index in [1.165, 1.54) is 95.7 Å². The molecule has 0 unspecified atom stereocenters. The number of hydrogen-bond acceptors (Lipinski definition) is 2. The molecule has 2 saturated carbocycles. The molecule has 0 bridgehead atoms. The van der Waals surface area contributed by atoms with E-state index in [9.17, 15) is 0 Å². The molecule has 2 fully saturated rings. The molecule has 0 saturated heterocycles. The van der Waals surface area contributed by atoms with Crippen LogP contribution in [0.2, 0.25) is 0 Å². The number of aromatic nitrogens is 1. The molecule has 1 heterocycles. The third-order valence-electron chi connectivity index (χ3n) is 6.56. The van der Waals surface area contributed by atoms with Crippen molar-refractivity contribution in [3.8, 4) is 0 Å². The molecule has 3 aliphatic carbocycles. The normalized spacial score (nSPS) is 19.6. The number of pyridine rings is 1. The Bertz CT molecular complexity index is 563. The molecule has 4 heteroatoms. The fourth-order valence-corrected chi connectivity index (χ4v) is 8.72. The van der Waals surface area contributed by atoms with E-state index < -0.39 is 0 Å². The summed E-state index contributed by atoms with van der Waals surface area (Å²) in [4.78, 5) is 4.63. The summed E-state index contributed by atoms with van der Waals surface area (Å²) in [6.07, 6.45) is 30.5. The van der Waals surface area contributed by atoms with E-state index >= 15 is 0 Å². The SMILES string of the molecule is C1=CCC/C=C\CC1.CN(c1ccccn1)P(C1CCCCC1)C1CCCCC1.[CH3-].[CH3-].[CH3-].[Ni+3]. The van der Waals surface area contributed by atoms with Crippen molar-refractivity contribution in [1.82, 2.24) is 4.98 Å². The fraction of sp³-hybridized carbons (Fsp3) is 0.586. The first kappa shape index (κ1) is 34.5. The van der Waals surface area contributed by atoms with E-state index in [2.05, 4.69) is 53.1 Å². The van der Waals surface area contributed by atoms with Crippen LogP contribution in [0.5, 0.6) is 0 Å². The van der Waals surface area contributed by atoms with Crippen LogP contribution in [-0.4, -0.2) is 23.3 Å². The van der Waals surface area contributed by atoms with Gasteiger partial charge in [0.25, 0.3) is 0 Å². The van der Waals surface area contributed by atoms with Gasteiger partial charge in [0.15, 0.2) is 0 Å². The Morgan fingerprint density at radius 1 is 0.697 bits per heavy atom. The molecule has 2 nitrogen and oxygen atoms in total. The van der Waals surface area contributed by atoms with Crippen molar-refractivity contribution in [3.05, 3.63) is 71.0 Å². The van der Waals surface area contributed by atoms with Crippen molar-refractivity contribution in [2.45, 2.75) is 101 Å². The zero-order chi connectivity index (χ0) is 20.2. The average Bonchev–Trinajstić information content (AvgIpc) is 2.76. The minimum atomic E-state index is -0.0637. The van der Waals surface area contributed by atoms with Gasteiger partial charge in [0.2, 0.25) is 0 Å². The maximum atomic E-state index is 4.63. The summed E-state index contributed by atoms with van der Waals surface area (Å²) in [6, 6.07) is 6.36. The summed E-state index contributed by atoms with van der Waals surface area (Å²) in [6.45, 7) is 0. The van der Waals surface area contributed by atoms with Gasteiger partial charge in [-0.05, 0) is 82.9 Å². The zero-order valence-corrected chi connectivity index (χ0v) is 23.7. The van der Waals surface area contributed by atoms with Crippen LogP contribution in [0.25, 0.3) is 0 Å². The molecule has 0 aromatic carbocycles. The minimum absolute atomic E-state index is 0. The molecule has 0 atom stereocenters. The van der Waals surface area contributed by atoms with Crippen molar-refractivity contribution < 1.29 is 16.5 Å². The van der Waals surface area contributed by atoms with E-state index in [4.69, 9.17) is 0 Å². The molecular formula is C29H50N2NiP. The second-order valence-electron chi connectivity index (χ2n) is 8.77. The predicted molar refractivity (Wildman–Crippen MR) is 149 cm³/mol. The smallest absolute Gasteiger partial charge is 0.358 e. The number of nitrogens with zero attached hydrogens (tertiary/aromatic N) is 2. The molecule has 4 rings (SSSR count). The van der Waals surface area contributed by atoms with Gasteiger partial charge in [0.1, 0.15) is 5.82 Å². The summed E-state index contributed by atoms with van der Waals surface area (Å²) < 4.78 is 2.58. The Labute approximate surface area is 218 Å². The second kappa shape index (κ2) is 20.7. The Kier molecular flexibility index (Phi) is 21.7. The van der Waals surface area contributed by atoms with E-state index in [1.54, 1.807) is 0 Å². The van der Waals surface area contributed by atoms with Crippen LogP contribution in [0.3, 0.4) is 0 Å². The van der Waals surface area contributed by atoms with Crippen molar-refractivity contribution in [3.63, 3.8) is 0 Å². The third-order valence-corrected chi connectivity index (χ3v) is 9.99. The summed E-state index contributed by atoms with van der Waals surface area (Å²) in [7, 11) is 2.25. The predicted octanol–water partition coefficient (Wildman–Crippen LogP) is 9.60. The van der Waals surface area contributed by atoms with Gasteiger partial charge >= 0.3 is 16.5 Å². The van der Waals surface area contributed by atoms with Gasteiger partial charge in [-0.15, -0.1) is 0 Å². The zero-order valence-electron chi connectivity index (χ0n) is 21.8. The van der Waals surface area contributed by atoms with Crippen LogP contribution in [0, 0.1) is 22.3 Å². The molecule has 1 aromatic heterocycles. The van der Waals surface area contributed by atoms with E-state index in [0.29, 0.717) is 0 Å². The van der Waals surface area contributed by atoms with Gasteiger partial charge < -0.3 is 27.0 Å². The second-order valence-corrected chi connectivity index (χ2v) is 11.6. The molecule has 0 amide bonds. The molecule has 1 radical (unpaired) electrons.